The van der Waals surface area contributed by atoms with Gasteiger partial charge in [-0.05, 0) is 25.7 Å². The topological polar surface area (TPSA) is 46.9 Å². The lowest BCUT2D eigenvalue weighted by Crippen LogP contribution is -2.14. The summed E-state index contributed by atoms with van der Waals surface area (Å²) in [6, 6.07) is 0. The molecule has 0 bridgehead atoms. The maximum atomic E-state index is 11.2. The third kappa shape index (κ3) is 2.00. The van der Waals surface area contributed by atoms with Crippen LogP contribution in [0.25, 0.3) is 0 Å². The smallest absolute Gasteiger partial charge is 0.240 e. The number of carbonyl (C=O) groups excluding carboxylic acids is 1. The van der Waals surface area contributed by atoms with Gasteiger partial charge in [-0.2, -0.15) is 5.10 Å². The van der Waals surface area contributed by atoms with Crippen LogP contribution in [0.4, 0.5) is 5.82 Å². The summed E-state index contributed by atoms with van der Waals surface area (Å²) < 4.78 is 1.86. The molecule has 2 rings (SSSR count). The number of amides is 1. The highest BCUT2D eigenvalue weighted by Gasteiger charge is 2.20. The Kier molecular flexibility index (Phi) is 2.95. The summed E-state index contributed by atoms with van der Waals surface area (Å²) in [5.74, 6) is 0.478. The molecular weight excluding hydrogens is 214 g/mol. The molecule has 1 aliphatic rings. The number of aromatic nitrogens is 2. The molecule has 0 unspecified atom stereocenters. The highest BCUT2D eigenvalue weighted by atomic mass is 35.5. The molecule has 0 fully saturated rings. The fourth-order valence-electron chi connectivity index (χ4n) is 2.04. The first-order chi connectivity index (χ1) is 7.22. The van der Waals surface area contributed by atoms with E-state index in [9.17, 15) is 4.79 Å². The molecule has 0 aromatic carbocycles. The first-order valence-electron chi connectivity index (χ1n) is 5.13. The Labute approximate surface area is 93.6 Å². The van der Waals surface area contributed by atoms with Gasteiger partial charge in [-0.15, -0.1) is 11.6 Å². The van der Waals surface area contributed by atoms with Gasteiger partial charge in [0.2, 0.25) is 5.91 Å². The van der Waals surface area contributed by atoms with Crippen LogP contribution in [-0.4, -0.2) is 21.6 Å². The van der Waals surface area contributed by atoms with Crippen LogP contribution in [-0.2, 0) is 24.7 Å². The zero-order valence-corrected chi connectivity index (χ0v) is 9.47. The minimum atomic E-state index is -0.192. The molecular formula is C10H14ClN3O. The molecule has 1 heterocycles. The van der Waals surface area contributed by atoms with E-state index >= 15 is 0 Å². The van der Waals surface area contributed by atoms with Crippen LogP contribution in [0, 0.1) is 0 Å². The van der Waals surface area contributed by atoms with Crippen LogP contribution in [0.3, 0.4) is 0 Å². The van der Waals surface area contributed by atoms with Crippen molar-refractivity contribution < 1.29 is 4.79 Å². The second kappa shape index (κ2) is 4.23. The maximum Gasteiger partial charge on any atom is 0.240 e. The van der Waals surface area contributed by atoms with Crippen LogP contribution in [0.5, 0.6) is 0 Å². The Morgan fingerprint density at radius 1 is 1.53 bits per heavy atom. The molecule has 0 atom stereocenters. The lowest BCUT2D eigenvalue weighted by molar-refractivity contribution is -0.113. The maximum absolute atomic E-state index is 11.2. The first-order valence-corrected chi connectivity index (χ1v) is 5.66. The van der Waals surface area contributed by atoms with Gasteiger partial charge < -0.3 is 5.32 Å². The summed E-state index contributed by atoms with van der Waals surface area (Å²) in [6.07, 6.45) is 4.43. The van der Waals surface area contributed by atoms with Crippen LogP contribution in [0.15, 0.2) is 0 Å². The number of aryl methyl sites for hydroxylation is 1. The van der Waals surface area contributed by atoms with Crippen molar-refractivity contribution in [1.82, 2.24) is 9.78 Å². The second-order valence-corrected chi connectivity index (χ2v) is 4.05. The van der Waals surface area contributed by atoms with E-state index in [1.165, 1.54) is 24.1 Å². The summed E-state index contributed by atoms with van der Waals surface area (Å²) in [5.41, 5.74) is 2.42. The zero-order valence-electron chi connectivity index (χ0n) is 8.72. The van der Waals surface area contributed by atoms with E-state index in [2.05, 4.69) is 10.4 Å². The van der Waals surface area contributed by atoms with E-state index < -0.39 is 0 Å². The van der Waals surface area contributed by atoms with Crippen molar-refractivity contribution in [3.63, 3.8) is 0 Å². The molecule has 1 aromatic rings. The van der Waals surface area contributed by atoms with E-state index in [4.69, 9.17) is 11.6 Å². The average Bonchev–Trinajstić information content (AvgIpc) is 2.57. The monoisotopic (exact) mass is 227 g/mol. The number of fused-ring (bicyclic) bond motifs is 1. The summed E-state index contributed by atoms with van der Waals surface area (Å²) in [7, 11) is 1.92. The largest absolute Gasteiger partial charge is 0.308 e. The van der Waals surface area contributed by atoms with Crippen molar-refractivity contribution in [3.8, 4) is 0 Å². The Hall–Kier alpha value is -1.03. The van der Waals surface area contributed by atoms with Gasteiger partial charge in [-0.1, -0.05) is 0 Å². The standard InChI is InChI=1S/C10H14ClN3O/c1-14-8-5-3-2-4-7(8)10(13-14)12-9(15)6-11/h2-6H2,1H3,(H,12,13,15). The number of carbonyl (C=O) groups is 1. The van der Waals surface area contributed by atoms with Gasteiger partial charge in [-0.25, -0.2) is 0 Å². The number of anilines is 1. The zero-order chi connectivity index (χ0) is 10.8. The number of hydrogen-bond donors (Lipinski definition) is 1. The average molecular weight is 228 g/mol. The van der Waals surface area contributed by atoms with Gasteiger partial charge in [0.1, 0.15) is 5.88 Å². The molecule has 82 valence electrons. The second-order valence-electron chi connectivity index (χ2n) is 3.79. The molecule has 0 aliphatic heterocycles. The summed E-state index contributed by atoms with van der Waals surface area (Å²) >= 11 is 5.45. The van der Waals surface area contributed by atoms with Crippen LogP contribution >= 0.6 is 11.6 Å². The fraction of sp³-hybridized carbons (Fsp3) is 0.600. The SMILES string of the molecule is Cn1nc(NC(=O)CCl)c2c1CCCC2. The predicted molar refractivity (Wildman–Crippen MR) is 59.2 cm³/mol. The van der Waals surface area contributed by atoms with Crippen molar-refractivity contribution in [2.75, 3.05) is 11.2 Å². The molecule has 1 aliphatic carbocycles. The molecule has 5 heteroatoms. The predicted octanol–water partition coefficient (Wildman–Crippen LogP) is 1.48. The van der Waals surface area contributed by atoms with Gasteiger partial charge in [0.05, 0.1) is 0 Å². The number of nitrogens with zero attached hydrogens (tertiary/aromatic N) is 2. The lowest BCUT2D eigenvalue weighted by atomic mass is 9.97. The molecule has 0 spiro atoms. The molecule has 0 radical (unpaired) electrons. The van der Waals surface area contributed by atoms with Gasteiger partial charge in [0.25, 0.3) is 0 Å². The lowest BCUT2D eigenvalue weighted by Gasteiger charge is -2.12. The van der Waals surface area contributed by atoms with E-state index in [0.717, 1.165) is 12.8 Å². The van der Waals surface area contributed by atoms with E-state index in [1.807, 2.05) is 11.7 Å². The van der Waals surface area contributed by atoms with Crippen molar-refractivity contribution >= 4 is 23.3 Å². The number of nitrogens with one attached hydrogen (secondary N) is 1. The van der Waals surface area contributed by atoms with Crippen molar-refractivity contribution in [2.45, 2.75) is 25.7 Å². The molecule has 1 amide bonds. The number of halogens is 1. The van der Waals surface area contributed by atoms with Crippen LogP contribution in [0.1, 0.15) is 24.1 Å². The normalized spacial score (nSPS) is 14.8. The highest BCUT2D eigenvalue weighted by Crippen LogP contribution is 2.26. The van der Waals surface area contributed by atoms with Gasteiger partial charge >= 0.3 is 0 Å². The molecule has 0 saturated heterocycles. The molecule has 1 aromatic heterocycles. The fourth-order valence-corrected chi connectivity index (χ4v) is 2.11. The minimum Gasteiger partial charge on any atom is -0.308 e. The quantitative estimate of drug-likeness (QED) is 0.778. The molecule has 0 saturated carbocycles. The third-order valence-corrected chi connectivity index (χ3v) is 2.99. The van der Waals surface area contributed by atoms with E-state index in [-0.39, 0.29) is 11.8 Å². The molecule has 4 nitrogen and oxygen atoms in total. The Morgan fingerprint density at radius 3 is 3.00 bits per heavy atom. The number of alkyl halides is 1. The van der Waals surface area contributed by atoms with Gasteiger partial charge in [-0.3, -0.25) is 9.48 Å². The minimum absolute atomic E-state index is 0.0225. The highest BCUT2D eigenvalue weighted by molar-refractivity contribution is 6.29. The summed E-state index contributed by atoms with van der Waals surface area (Å²) in [6.45, 7) is 0. The van der Waals surface area contributed by atoms with Crippen LogP contribution in [0.2, 0.25) is 0 Å². The Balaban J connectivity index is 2.28. The number of hydrogen-bond acceptors (Lipinski definition) is 2. The van der Waals surface area contributed by atoms with Crippen LogP contribution < -0.4 is 5.32 Å². The van der Waals surface area contributed by atoms with E-state index in [1.54, 1.807) is 0 Å². The van der Waals surface area contributed by atoms with E-state index in [0.29, 0.717) is 5.82 Å². The summed E-state index contributed by atoms with van der Waals surface area (Å²) in [5, 5.41) is 7.04. The first kappa shape index (κ1) is 10.5. The molecule has 15 heavy (non-hydrogen) atoms. The Bertz CT molecular complexity index is 386. The van der Waals surface area contributed by atoms with Crippen molar-refractivity contribution in [3.05, 3.63) is 11.3 Å². The number of rotatable bonds is 2. The Morgan fingerprint density at radius 2 is 2.27 bits per heavy atom. The third-order valence-electron chi connectivity index (χ3n) is 2.74. The van der Waals surface area contributed by atoms with Gasteiger partial charge in [0.15, 0.2) is 5.82 Å². The van der Waals surface area contributed by atoms with Crippen molar-refractivity contribution in [1.29, 1.82) is 0 Å². The van der Waals surface area contributed by atoms with Crippen molar-refractivity contribution in [2.24, 2.45) is 7.05 Å². The molecule has 1 N–H and O–H groups in total. The van der Waals surface area contributed by atoms with Gasteiger partial charge in [0, 0.05) is 18.3 Å². The summed E-state index contributed by atoms with van der Waals surface area (Å²) in [4.78, 5) is 11.2.